The van der Waals surface area contributed by atoms with Crippen LogP contribution < -0.4 is 4.74 Å². The number of hydrogen-bond acceptors (Lipinski definition) is 6. The first kappa shape index (κ1) is 23.1. The maximum Gasteiger partial charge on any atom is 0.416 e. The van der Waals surface area contributed by atoms with Crippen molar-refractivity contribution in [3.8, 4) is 17.2 Å². The average molecular weight is 472 g/mol. The van der Waals surface area contributed by atoms with Crippen LogP contribution in [-0.2, 0) is 17.6 Å². The summed E-state index contributed by atoms with van der Waals surface area (Å²) < 4.78 is 54.5. The molecule has 0 unspecified atom stereocenters. The van der Waals surface area contributed by atoms with E-state index in [1.54, 1.807) is 37.3 Å². The van der Waals surface area contributed by atoms with E-state index < -0.39 is 23.6 Å². The Bertz CT molecular complexity index is 1250. The maximum absolute atomic E-state index is 12.8. The summed E-state index contributed by atoms with van der Waals surface area (Å²) in [6.45, 7) is 1.77. The zero-order valence-corrected chi connectivity index (χ0v) is 17.9. The summed E-state index contributed by atoms with van der Waals surface area (Å²) in [6.07, 6.45) is -3.17. The summed E-state index contributed by atoms with van der Waals surface area (Å²) in [7, 11) is 0. The molecule has 0 fully saturated rings. The number of aryl methyl sites for hydroxylation is 1. The van der Waals surface area contributed by atoms with Gasteiger partial charge in [-0.3, -0.25) is 4.79 Å². The summed E-state index contributed by atoms with van der Waals surface area (Å²) in [6, 6.07) is 13.1. The monoisotopic (exact) mass is 472 g/mol. The molecule has 0 bridgehead atoms. The first-order valence-electron chi connectivity index (χ1n) is 10.2. The smallest absolute Gasteiger partial charge is 0.416 e. The second-order valence-electron chi connectivity index (χ2n) is 7.53. The third-order valence-corrected chi connectivity index (χ3v) is 5.20. The number of carboxylic acid groups (broad SMARTS) is 1. The Kier molecular flexibility index (Phi) is 6.40. The highest BCUT2D eigenvalue weighted by Gasteiger charge is 2.30. The number of rotatable bonds is 8. The first-order valence-corrected chi connectivity index (χ1v) is 10.2. The largest absolute Gasteiger partial charge is 0.487 e. The predicted molar refractivity (Wildman–Crippen MR) is 113 cm³/mol. The molecule has 176 valence electrons. The number of hydrogen-bond donors (Lipinski definition) is 1. The van der Waals surface area contributed by atoms with Gasteiger partial charge in [0.15, 0.2) is 0 Å². The van der Waals surface area contributed by atoms with Gasteiger partial charge in [-0.05, 0) is 48.9 Å². The Morgan fingerprint density at radius 3 is 2.38 bits per heavy atom. The Hall–Kier alpha value is -4.08. The highest BCUT2D eigenvalue weighted by molar-refractivity contribution is 5.68. The maximum atomic E-state index is 12.8. The molecule has 4 rings (SSSR count). The number of ether oxygens (including phenoxy) is 1. The fourth-order valence-electron chi connectivity index (χ4n) is 3.40. The normalized spacial score (nSPS) is 12.5. The van der Waals surface area contributed by atoms with Crippen molar-refractivity contribution in [1.29, 1.82) is 0 Å². The lowest BCUT2D eigenvalue weighted by atomic mass is 9.92. The number of carbonyl (C=O) groups is 1. The molecule has 0 aliphatic carbocycles. The molecule has 10 heteroatoms. The van der Waals surface area contributed by atoms with Gasteiger partial charge in [-0.15, -0.1) is 0 Å². The van der Waals surface area contributed by atoms with E-state index in [0.29, 0.717) is 28.5 Å². The van der Waals surface area contributed by atoms with Crippen molar-refractivity contribution in [2.75, 3.05) is 0 Å². The number of benzene rings is 2. The summed E-state index contributed by atoms with van der Waals surface area (Å²) >= 11 is 0. The van der Waals surface area contributed by atoms with Gasteiger partial charge in [0.05, 0.1) is 17.7 Å². The lowest BCUT2D eigenvalue weighted by Gasteiger charge is -2.13. The minimum absolute atomic E-state index is 0.0805. The van der Waals surface area contributed by atoms with Gasteiger partial charge in [0.2, 0.25) is 5.89 Å². The van der Waals surface area contributed by atoms with Crippen molar-refractivity contribution in [1.82, 2.24) is 10.1 Å². The Morgan fingerprint density at radius 2 is 1.79 bits per heavy atom. The van der Waals surface area contributed by atoms with E-state index in [0.717, 1.165) is 17.7 Å². The Balaban J connectivity index is 1.44. The van der Waals surface area contributed by atoms with E-state index in [4.69, 9.17) is 13.7 Å². The van der Waals surface area contributed by atoms with E-state index in [1.165, 1.54) is 18.4 Å². The lowest BCUT2D eigenvalue weighted by Crippen LogP contribution is -2.08. The third-order valence-electron chi connectivity index (χ3n) is 5.20. The van der Waals surface area contributed by atoms with Crippen molar-refractivity contribution in [3.05, 3.63) is 89.1 Å². The molecular weight excluding hydrogens is 453 g/mol. The van der Waals surface area contributed by atoms with E-state index in [1.807, 2.05) is 0 Å². The molecule has 2 heterocycles. The Labute approximate surface area is 191 Å². The van der Waals surface area contributed by atoms with Gasteiger partial charge in [0, 0.05) is 17.5 Å². The number of alkyl halides is 3. The molecule has 0 aliphatic heterocycles. The summed E-state index contributed by atoms with van der Waals surface area (Å²) in [4.78, 5) is 15.6. The van der Waals surface area contributed by atoms with E-state index >= 15 is 0 Å². The van der Waals surface area contributed by atoms with Gasteiger partial charge in [-0.2, -0.15) is 13.2 Å². The number of halogens is 3. The molecule has 0 spiro atoms. The number of aromatic nitrogens is 2. The molecular formula is C24H19F3N2O5. The molecule has 34 heavy (non-hydrogen) atoms. The third kappa shape index (κ3) is 5.28. The van der Waals surface area contributed by atoms with Gasteiger partial charge in [-0.25, -0.2) is 4.98 Å². The number of nitrogens with zero attached hydrogens (tertiary/aromatic N) is 2. The van der Waals surface area contributed by atoms with Gasteiger partial charge in [0.1, 0.15) is 30.1 Å². The second-order valence-corrected chi connectivity index (χ2v) is 7.53. The van der Waals surface area contributed by atoms with Crippen LogP contribution in [0.2, 0.25) is 0 Å². The molecule has 7 nitrogen and oxygen atoms in total. The minimum Gasteiger partial charge on any atom is -0.487 e. The standard InChI is InChI=1S/C24H19F3N2O5/c1-14-21(28-23(34-14)16-2-6-17(7-3-16)24(25,26)27)13-32-18-8-4-15(5-9-18)19(12-22(30)31)20-10-11-33-29-20/h2-11,19H,12-13H2,1H3,(H,30,31)/t19-/m0/s1. The highest BCUT2D eigenvalue weighted by atomic mass is 19.4. The topological polar surface area (TPSA) is 98.6 Å². The van der Waals surface area contributed by atoms with Crippen molar-refractivity contribution >= 4 is 5.97 Å². The van der Waals surface area contributed by atoms with E-state index in [2.05, 4.69) is 10.1 Å². The number of carboxylic acids is 1. The van der Waals surface area contributed by atoms with Crippen molar-refractivity contribution in [3.63, 3.8) is 0 Å². The number of aliphatic carboxylic acids is 1. The summed E-state index contributed by atoms with van der Waals surface area (Å²) in [5, 5.41) is 13.1. The van der Waals surface area contributed by atoms with Gasteiger partial charge < -0.3 is 18.8 Å². The molecule has 0 saturated carbocycles. The fourth-order valence-corrected chi connectivity index (χ4v) is 3.40. The minimum atomic E-state index is -4.41. The van der Waals surface area contributed by atoms with Gasteiger partial charge in [-0.1, -0.05) is 17.3 Å². The molecule has 2 aromatic carbocycles. The number of oxazole rings is 1. The molecule has 1 N–H and O–H groups in total. The molecule has 0 aliphatic rings. The van der Waals surface area contributed by atoms with Crippen molar-refractivity contribution in [2.24, 2.45) is 0 Å². The van der Waals surface area contributed by atoms with Crippen LogP contribution >= 0.6 is 0 Å². The fraction of sp³-hybridized carbons (Fsp3) is 0.208. The second kappa shape index (κ2) is 9.42. The van der Waals surface area contributed by atoms with Crippen LogP contribution in [0, 0.1) is 6.92 Å². The summed E-state index contributed by atoms with van der Waals surface area (Å²) in [5.74, 6) is -0.215. The SMILES string of the molecule is Cc1oc(-c2ccc(C(F)(F)F)cc2)nc1COc1ccc([C@H](CC(=O)O)c2ccon2)cc1. The Morgan fingerprint density at radius 1 is 1.09 bits per heavy atom. The molecule has 0 saturated heterocycles. The predicted octanol–water partition coefficient (Wildman–Crippen LogP) is 5.84. The van der Waals surface area contributed by atoms with Crippen LogP contribution in [0.5, 0.6) is 5.75 Å². The van der Waals surface area contributed by atoms with Crippen LogP contribution in [0.15, 0.2) is 69.8 Å². The van der Waals surface area contributed by atoms with E-state index in [-0.39, 0.29) is 18.9 Å². The molecule has 0 radical (unpaired) electrons. The molecule has 0 amide bonds. The molecule has 4 aromatic rings. The highest BCUT2D eigenvalue weighted by Crippen LogP contribution is 2.32. The van der Waals surface area contributed by atoms with Crippen molar-refractivity contribution < 1.29 is 36.7 Å². The molecule has 1 atom stereocenters. The first-order chi connectivity index (χ1) is 16.2. The van der Waals surface area contributed by atoms with Gasteiger partial charge in [0.25, 0.3) is 0 Å². The quantitative estimate of drug-likeness (QED) is 0.344. The van der Waals surface area contributed by atoms with E-state index in [9.17, 15) is 23.1 Å². The average Bonchev–Trinajstić information content (AvgIpc) is 3.46. The van der Waals surface area contributed by atoms with Crippen LogP contribution in [-0.4, -0.2) is 21.2 Å². The van der Waals surface area contributed by atoms with Crippen LogP contribution in [0.4, 0.5) is 13.2 Å². The zero-order valence-electron chi connectivity index (χ0n) is 17.9. The zero-order chi connectivity index (χ0) is 24.3. The van der Waals surface area contributed by atoms with Crippen LogP contribution in [0.3, 0.4) is 0 Å². The van der Waals surface area contributed by atoms with Gasteiger partial charge >= 0.3 is 12.1 Å². The molecule has 2 aromatic heterocycles. The lowest BCUT2D eigenvalue weighted by molar-refractivity contribution is -0.138. The van der Waals surface area contributed by atoms with Crippen molar-refractivity contribution in [2.45, 2.75) is 32.0 Å². The van der Waals surface area contributed by atoms with Crippen LogP contribution in [0.25, 0.3) is 11.5 Å². The summed E-state index contributed by atoms with van der Waals surface area (Å²) in [5.41, 5.74) is 1.44. The van der Waals surface area contributed by atoms with Crippen LogP contribution in [0.1, 0.15) is 40.6 Å².